The van der Waals surface area contributed by atoms with E-state index in [1.54, 1.807) is 25.4 Å². The molecule has 0 atom stereocenters. The molecule has 4 aromatic rings. The summed E-state index contributed by atoms with van der Waals surface area (Å²) in [6.45, 7) is 1.78. The highest BCUT2D eigenvalue weighted by Gasteiger charge is 2.12. The number of sulfonamides is 1. The maximum Gasteiger partial charge on any atom is 0.229 e. The van der Waals surface area contributed by atoms with E-state index in [0.717, 1.165) is 22.7 Å². The second kappa shape index (κ2) is 5.93. The van der Waals surface area contributed by atoms with Crippen LogP contribution in [0.2, 0.25) is 5.15 Å². The molecule has 3 aromatic heterocycles. The third kappa shape index (κ3) is 3.09. The van der Waals surface area contributed by atoms with Gasteiger partial charge in [-0.05, 0) is 23.8 Å². The fraction of sp³-hybridized carbons (Fsp3) is 0.118. The van der Waals surface area contributed by atoms with Crippen molar-refractivity contribution in [2.75, 3.05) is 11.0 Å². The summed E-state index contributed by atoms with van der Waals surface area (Å²) in [6.07, 6.45) is 4.31. The molecule has 1 aromatic carbocycles. The topological polar surface area (TPSA) is 98.0 Å². The van der Waals surface area contributed by atoms with Crippen molar-refractivity contribution in [3.63, 3.8) is 0 Å². The summed E-state index contributed by atoms with van der Waals surface area (Å²) in [4.78, 5) is 12.8. The maximum absolute atomic E-state index is 11.5. The van der Waals surface area contributed by atoms with E-state index in [2.05, 4.69) is 19.7 Å². The molecule has 1 N–H and O–H groups in total. The molecule has 132 valence electrons. The molecule has 0 aliphatic rings. The van der Waals surface area contributed by atoms with Crippen LogP contribution in [0.15, 0.2) is 41.1 Å². The van der Waals surface area contributed by atoms with Crippen LogP contribution < -0.4 is 4.72 Å². The summed E-state index contributed by atoms with van der Waals surface area (Å²) < 4.78 is 31.1. The van der Waals surface area contributed by atoms with Gasteiger partial charge in [-0.3, -0.25) is 9.71 Å². The average molecular weight is 389 g/mol. The highest BCUT2D eigenvalue weighted by Crippen LogP contribution is 2.31. The molecule has 0 saturated carbocycles. The Morgan fingerprint density at radius 3 is 2.65 bits per heavy atom. The number of rotatable bonds is 3. The Bertz CT molecular complexity index is 1270. The molecule has 4 rings (SSSR count). The Kier molecular flexibility index (Phi) is 3.82. The number of hydrogen-bond donors (Lipinski definition) is 1. The van der Waals surface area contributed by atoms with Gasteiger partial charge in [-0.15, -0.1) is 0 Å². The number of aryl methyl sites for hydroxylation is 1. The first kappa shape index (κ1) is 16.7. The molecule has 7 nitrogen and oxygen atoms in total. The van der Waals surface area contributed by atoms with E-state index in [0.29, 0.717) is 22.6 Å². The van der Waals surface area contributed by atoms with Gasteiger partial charge < -0.3 is 4.42 Å². The molecule has 0 spiro atoms. The Labute approximate surface area is 154 Å². The van der Waals surface area contributed by atoms with Crippen molar-refractivity contribution < 1.29 is 12.8 Å². The fourth-order valence-electron chi connectivity index (χ4n) is 2.74. The lowest BCUT2D eigenvalue weighted by atomic mass is 10.0. The largest absolute Gasteiger partial charge is 0.440 e. The van der Waals surface area contributed by atoms with Crippen LogP contribution in [-0.4, -0.2) is 29.6 Å². The number of benzene rings is 1. The third-order valence-electron chi connectivity index (χ3n) is 3.80. The quantitative estimate of drug-likeness (QED) is 0.536. The fourth-order valence-corrected chi connectivity index (χ4v) is 3.50. The molecule has 3 heterocycles. The van der Waals surface area contributed by atoms with E-state index in [1.165, 1.54) is 0 Å². The Morgan fingerprint density at radius 1 is 1.08 bits per heavy atom. The SMILES string of the molecule is Cc1nc2cnc3ccc(-c4cnc(Cl)c(NS(C)(=O)=O)c4)cc3c2o1. The van der Waals surface area contributed by atoms with Crippen molar-refractivity contribution in [2.24, 2.45) is 0 Å². The van der Waals surface area contributed by atoms with E-state index in [9.17, 15) is 8.42 Å². The second-order valence-electron chi connectivity index (χ2n) is 5.87. The standard InChI is InChI=1S/C17H13ClN4O3S/c1-9-21-15-8-19-13-4-3-10(5-12(13)16(15)25-9)11-6-14(17(18)20-7-11)22-26(2,23)24/h3-8,22H,1-2H3. The molecule has 0 bridgehead atoms. The van der Waals surface area contributed by atoms with Gasteiger partial charge in [-0.2, -0.15) is 0 Å². The van der Waals surface area contributed by atoms with Crippen LogP contribution in [0.5, 0.6) is 0 Å². The zero-order valence-corrected chi connectivity index (χ0v) is 15.4. The molecule has 0 unspecified atom stereocenters. The molecule has 0 saturated heterocycles. The number of nitrogens with zero attached hydrogens (tertiary/aromatic N) is 3. The van der Waals surface area contributed by atoms with Gasteiger partial charge in [0.2, 0.25) is 10.0 Å². The van der Waals surface area contributed by atoms with Gasteiger partial charge in [0.05, 0.1) is 23.7 Å². The lowest BCUT2D eigenvalue weighted by Crippen LogP contribution is -2.10. The van der Waals surface area contributed by atoms with Gasteiger partial charge in [0, 0.05) is 24.1 Å². The molecule has 0 fully saturated rings. The molecule has 9 heteroatoms. The summed E-state index contributed by atoms with van der Waals surface area (Å²) in [7, 11) is -3.47. The minimum absolute atomic E-state index is 0.0786. The van der Waals surface area contributed by atoms with Gasteiger partial charge in [0.15, 0.2) is 16.6 Å². The number of oxazole rings is 1. The van der Waals surface area contributed by atoms with Crippen molar-refractivity contribution in [3.05, 3.63) is 47.7 Å². The number of hydrogen-bond acceptors (Lipinski definition) is 6. The summed E-state index contributed by atoms with van der Waals surface area (Å²) in [5.74, 6) is 0.563. The van der Waals surface area contributed by atoms with Crippen molar-refractivity contribution in [1.82, 2.24) is 15.0 Å². The van der Waals surface area contributed by atoms with Crippen molar-refractivity contribution in [2.45, 2.75) is 6.92 Å². The average Bonchev–Trinajstić information content (AvgIpc) is 2.96. The minimum atomic E-state index is -3.47. The Balaban J connectivity index is 1.89. The van der Waals surface area contributed by atoms with E-state index in [1.807, 2.05) is 18.2 Å². The van der Waals surface area contributed by atoms with E-state index in [4.69, 9.17) is 16.0 Å². The van der Waals surface area contributed by atoms with Gasteiger partial charge in [-0.25, -0.2) is 18.4 Å². The van der Waals surface area contributed by atoms with Crippen LogP contribution in [0.4, 0.5) is 5.69 Å². The normalized spacial score (nSPS) is 12.0. The number of anilines is 1. The summed E-state index contributed by atoms with van der Waals surface area (Å²) in [5, 5.41) is 0.892. The van der Waals surface area contributed by atoms with Crippen molar-refractivity contribution >= 4 is 49.3 Å². The van der Waals surface area contributed by atoms with Crippen LogP contribution in [0, 0.1) is 6.92 Å². The van der Waals surface area contributed by atoms with Gasteiger partial charge in [-0.1, -0.05) is 17.7 Å². The van der Waals surface area contributed by atoms with Gasteiger partial charge in [0.1, 0.15) is 5.52 Å². The van der Waals surface area contributed by atoms with Crippen LogP contribution in [0.3, 0.4) is 0 Å². The smallest absolute Gasteiger partial charge is 0.229 e. The third-order valence-corrected chi connectivity index (χ3v) is 4.69. The molecule has 26 heavy (non-hydrogen) atoms. The molecular weight excluding hydrogens is 376 g/mol. The Hall–Kier alpha value is -2.71. The van der Waals surface area contributed by atoms with Crippen LogP contribution in [0.1, 0.15) is 5.89 Å². The number of fused-ring (bicyclic) bond motifs is 3. The zero-order chi connectivity index (χ0) is 18.5. The van der Waals surface area contributed by atoms with Gasteiger partial charge >= 0.3 is 0 Å². The number of pyridine rings is 2. The number of aromatic nitrogens is 3. The highest BCUT2D eigenvalue weighted by molar-refractivity contribution is 7.92. The van der Waals surface area contributed by atoms with Crippen LogP contribution >= 0.6 is 11.6 Å². The predicted octanol–water partition coefficient (Wildman–Crippen LogP) is 3.77. The molecule has 0 aliphatic carbocycles. The van der Waals surface area contributed by atoms with Gasteiger partial charge in [0.25, 0.3) is 0 Å². The lowest BCUT2D eigenvalue weighted by molar-refractivity contribution is 0.563. The Morgan fingerprint density at radius 2 is 1.88 bits per heavy atom. The highest BCUT2D eigenvalue weighted by atomic mass is 35.5. The summed E-state index contributed by atoms with van der Waals surface area (Å²) >= 11 is 5.99. The summed E-state index contributed by atoms with van der Waals surface area (Å²) in [6, 6.07) is 7.28. The first-order valence-electron chi connectivity index (χ1n) is 7.60. The second-order valence-corrected chi connectivity index (χ2v) is 7.98. The molecular formula is C17H13ClN4O3S. The lowest BCUT2D eigenvalue weighted by Gasteiger charge is -2.09. The van der Waals surface area contributed by atoms with Crippen molar-refractivity contribution in [1.29, 1.82) is 0 Å². The molecule has 0 radical (unpaired) electrons. The number of halogens is 1. The minimum Gasteiger partial charge on any atom is -0.440 e. The first-order chi connectivity index (χ1) is 12.3. The molecule has 0 amide bonds. The van der Waals surface area contributed by atoms with Crippen LogP contribution in [0.25, 0.3) is 33.1 Å². The predicted molar refractivity (Wildman–Crippen MR) is 101 cm³/mol. The van der Waals surface area contributed by atoms with Crippen molar-refractivity contribution in [3.8, 4) is 11.1 Å². The first-order valence-corrected chi connectivity index (χ1v) is 9.87. The number of nitrogens with one attached hydrogen (secondary N) is 1. The van der Waals surface area contributed by atoms with E-state index in [-0.39, 0.29) is 10.8 Å². The molecule has 0 aliphatic heterocycles. The zero-order valence-electron chi connectivity index (χ0n) is 13.8. The van der Waals surface area contributed by atoms with Crippen LogP contribution in [-0.2, 0) is 10.0 Å². The van der Waals surface area contributed by atoms with E-state index >= 15 is 0 Å². The monoisotopic (exact) mass is 388 g/mol. The maximum atomic E-state index is 11.5. The summed E-state index contributed by atoms with van der Waals surface area (Å²) in [5.41, 5.74) is 3.86. The van der Waals surface area contributed by atoms with E-state index < -0.39 is 10.0 Å².